The van der Waals surface area contributed by atoms with Gasteiger partial charge in [-0.1, -0.05) is 20.3 Å². The second kappa shape index (κ2) is 10.8. The standard InChI is InChI=1S/C21H38N6O/c1-17-14-18(2)16-26(15-17)12-7-5-10-22-21(28)23-11-9-20-25-24-19-8-4-3-6-13-27(19)20/h17-18H,3-16H2,1-2H3,(H2,22,23,28). The first kappa shape index (κ1) is 21.1. The maximum atomic E-state index is 12.0. The van der Waals surface area contributed by atoms with Gasteiger partial charge in [-0.25, -0.2) is 4.79 Å². The lowest BCUT2D eigenvalue weighted by atomic mass is 9.92. The molecule has 1 fully saturated rings. The molecule has 28 heavy (non-hydrogen) atoms. The summed E-state index contributed by atoms with van der Waals surface area (Å²) in [5.41, 5.74) is 0. The van der Waals surface area contributed by atoms with Crippen LogP contribution in [0, 0.1) is 11.8 Å². The summed E-state index contributed by atoms with van der Waals surface area (Å²) in [5, 5.41) is 14.6. The van der Waals surface area contributed by atoms with Crippen molar-refractivity contribution in [2.24, 2.45) is 11.8 Å². The molecular formula is C21H38N6O. The van der Waals surface area contributed by atoms with Crippen LogP contribution in [-0.4, -0.2) is 58.4 Å². The molecule has 2 atom stereocenters. The molecule has 2 N–H and O–H groups in total. The molecule has 3 rings (SSSR count). The largest absolute Gasteiger partial charge is 0.338 e. The van der Waals surface area contributed by atoms with Crippen LogP contribution in [0.5, 0.6) is 0 Å². The number of hydrogen-bond donors (Lipinski definition) is 2. The zero-order valence-corrected chi connectivity index (χ0v) is 17.8. The van der Waals surface area contributed by atoms with Crippen LogP contribution in [0.3, 0.4) is 0 Å². The summed E-state index contributed by atoms with van der Waals surface area (Å²) in [7, 11) is 0. The predicted octanol–water partition coefficient (Wildman–Crippen LogP) is 2.60. The first-order valence-electron chi connectivity index (χ1n) is 11.3. The van der Waals surface area contributed by atoms with Gasteiger partial charge < -0.3 is 20.1 Å². The quantitative estimate of drug-likeness (QED) is 0.669. The smallest absolute Gasteiger partial charge is 0.314 e. The number of hydrogen-bond acceptors (Lipinski definition) is 4. The van der Waals surface area contributed by atoms with Crippen LogP contribution in [0.4, 0.5) is 4.79 Å². The minimum absolute atomic E-state index is 0.0733. The van der Waals surface area contributed by atoms with Gasteiger partial charge in [0.25, 0.3) is 0 Å². The highest BCUT2D eigenvalue weighted by Crippen LogP contribution is 2.21. The van der Waals surface area contributed by atoms with Crippen LogP contribution in [0.1, 0.15) is 64.0 Å². The Morgan fingerprint density at radius 3 is 2.64 bits per heavy atom. The van der Waals surface area contributed by atoms with E-state index >= 15 is 0 Å². The van der Waals surface area contributed by atoms with Crippen molar-refractivity contribution in [1.82, 2.24) is 30.3 Å². The zero-order chi connectivity index (χ0) is 19.8. The number of carbonyl (C=O) groups excluding carboxylic acids is 1. The Morgan fingerprint density at radius 1 is 1.04 bits per heavy atom. The van der Waals surface area contributed by atoms with Gasteiger partial charge in [-0.05, 0) is 50.5 Å². The molecule has 1 saturated heterocycles. The predicted molar refractivity (Wildman–Crippen MR) is 111 cm³/mol. The fourth-order valence-electron chi connectivity index (χ4n) is 4.72. The first-order chi connectivity index (χ1) is 13.6. The number of rotatable bonds is 8. The summed E-state index contributed by atoms with van der Waals surface area (Å²) in [4.78, 5) is 14.6. The number of urea groups is 1. The number of likely N-dealkylation sites (tertiary alicyclic amines) is 1. The molecule has 7 nitrogen and oxygen atoms in total. The van der Waals surface area contributed by atoms with Crippen LogP contribution in [-0.2, 0) is 19.4 Å². The van der Waals surface area contributed by atoms with Gasteiger partial charge >= 0.3 is 6.03 Å². The van der Waals surface area contributed by atoms with E-state index in [0.29, 0.717) is 6.54 Å². The van der Waals surface area contributed by atoms with E-state index < -0.39 is 0 Å². The molecule has 1 aromatic rings. The van der Waals surface area contributed by atoms with E-state index in [2.05, 4.69) is 44.1 Å². The van der Waals surface area contributed by atoms with E-state index in [-0.39, 0.29) is 6.03 Å². The topological polar surface area (TPSA) is 75.1 Å². The van der Waals surface area contributed by atoms with E-state index in [1.807, 2.05) is 0 Å². The van der Waals surface area contributed by atoms with Crippen molar-refractivity contribution in [1.29, 1.82) is 0 Å². The Kier molecular flexibility index (Phi) is 8.13. The van der Waals surface area contributed by atoms with E-state index in [9.17, 15) is 4.79 Å². The lowest BCUT2D eigenvalue weighted by molar-refractivity contribution is 0.139. The van der Waals surface area contributed by atoms with E-state index in [1.165, 1.54) is 38.8 Å². The number of nitrogens with one attached hydrogen (secondary N) is 2. The molecule has 0 spiro atoms. The van der Waals surface area contributed by atoms with Gasteiger partial charge in [-0.3, -0.25) is 0 Å². The molecule has 0 bridgehead atoms. The molecule has 0 saturated carbocycles. The van der Waals surface area contributed by atoms with Crippen LogP contribution in [0.2, 0.25) is 0 Å². The van der Waals surface area contributed by atoms with Crippen molar-refractivity contribution in [2.45, 2.75) is 71.8 Å². The number of nitrogens with zero attached hydrogens (tertiary/aromatic N) is 4. The molecule has 2 aliphatic rings. The molecule has 0 aliphatic carbocycles. The van der Waals surface area contributed by atoms with E-state index in [4.69, 9.17) is 0 Å². The molecule has 7 heteroatoms. The van der Waals surface area contributed by atoms with Gasteiger partial charge in [0.1, 0.15) is 11.6 Å². The third-order valence-electron chi connectivity index (χ3n) is 5.95. The number of aromatic nitrogens is 3. The lowest BCUT2D eigenvalue weighted by Gasteiger charge is -2.34. The van der Waals surface area contributed by atoms with Crippen LogP contribution in [0.15, 0.2) is 0 Å². The number of unbranched alkanes of at least 4 members (excludes halogenated alkanes) is 1. The van der Waals surface area contributed by atoms with Crippen molar-refractivity contribution < 1.29 is 4.79 Å². The van der Waals surface area contributed by atoms with E-state index in [1.54, 1.807) is 0 Å². The fourth-order valence-corrected chi connectivity index (χ4v) is 4.72. The number of carbonyl (C=O) groups is 1. The first-order valence-corrected chi connectivity index (χ1v) is 11.3. The Labute approximate surface area is 169 Å². The Balaban J connectivity index is 1.25. The second-order valence-electron chi connectivity index (χ2n) is 8.84. The maximum absolute atomic E-state index is 12.0. The molecule has 158 valence electrons. The summed E-state index contributed by atoms with van der Waals surface area (Å²) < 4.78 is 2.24. The average molecular weight is 391 g/mol. The molecule has 2 amide bonds. The molecule has 3 heterocycles. The van der Waals surface area contributed by atoms with Gasteiger partial charge in [0.05, 0.1) is 0 Å². The summed E-state index contributed by atoms with van der Waals surface area (Å²) in [6, 6.07) is -0.0733. The summed E-state index contributed by atoms with van der Waals surface area (Å²) >= 11 is 0. The highest BCUT2D eigenvalue weighted by molar-refractivity contribution is 5.73. The number of aryl methyl sites for hydroxylation is 1. The molecule has 0 radical (unpaired) electrons. The van der Waals surface area contributed by atoms with Crippen LogP contribution >= 0.6 is 0 Å². The summed E-state index contributed by atoms with van der Waals surface area (Å²) in [6.07, 6.45) is 8.96. The maximum Gasteiger partial charge on any atom is 0.314 e. The lowest BCUT2D eigenvalue weighted by Crippen LogP contribution is -2.40. The summed E-state index contributed by atoms with van der Waals surface area (Å²) in [5.74, 6) is 3.73. The van der Waals surface area contributed by atoms with Crippen molar-refractivity contribution >= 4 is 6.03 Å². The highest BCUT2D eigenvalue weighted by Gasteiger charge is 2.21. The monoisotopic (exact) mass is 390 g/mol. The molecule has 1 aromatic heterocycles. The zero-order valence-electron chi connectivity index (χ0n) is 17.8. The van der Waals surface area contributed by atoms with Gasteiger partial charge in [0.15, 0.2) is 0 Å². The van der Waals surface area contributed by atoms with Gasteiger partial charge in [0, 0.05) is 45.6 Å². The molecular weight excluding hydrogens is 352 g/mol. The third-order valence-corrected chi connectivity index (χ3v) is 5.95. The van der Waals surface area contributed by atoms with Gasteiger partial charge in [-0.2, -0.15) is 0 Å². The minimum Gasteiger partial charge on any atom is -0.338 e. The summed E-state index contributed by atoms with van der Waals surface area (Å²) in [6.45, 7) is 10.7. The van der Waals surface area contributed by atoms with Crippen molar-refractivity contribution in [3.63, 3.8) is 0 Å². The minimum atomic E-state index is -0.0733. The van der Waals surface area contributed by atoms with Crippen LogP contribution < -0.4 is 10.6 Å². The van der Waals surface area contributed by atoms with Gasteiger partial charge in [-0.15, -0.1) is 10.2 Å². The molecule has 2 aliphatic heterocycles. The Morgan fingerprint density at radius 2 is 1.82 bits per heavy atom. The van der Waals surface area contributed by atoms with Crippen molar-refractivity contribution in [2.75, 3.05) is 32.7 Å². The number of fused-ring (bicyclic) bond motifs is 1. The van der Waals surface area contributed by atoms with E-state index in [0.717, 1.165) is 68.8 Å². The SMILES string of the molecule is CC1CC(C)CN(CCCCNC(=O)NCCc2nnc3n2CCCCC3)C1. The van der Waals surface area contributed by atoms with Crippen LogP contribution in [0.25, 0.3) is 0 Å². The van der Waals surface area contributed by atoms with Crippen molar-refractivity contribution in [3.8, 4) is 0 Å². The highest BCUT2D eigenvalue weighted by atomic mass is 16.2. The normalized spacial score (nSPS) is 23.1. The fraction of sp³-hybridized carbons (Fsp3) is 0.857. The van der Waals surface area contributed by atoms with Crippen molar-refractivity contribution in [3.05, 3.63) is 11.6 Å². The number of amides is 2. The molecule has 2 unspecified atom stereocenters. The molecule has 0 aromatic carbocycles. The third kappa shape index (κ3) is 6.47. The Hall–Kier alpha value is -1.63. The average Bonchev–Trinajstić information content (AvgIpc) is 2.87. The second-order valence-corrected chi connectivity index (χ2v) is 8.84. The van der Waals surface area contributed by atoms with Gasteiger partial charge in [0.2, 0.25) is 0 Å². The Bertz CT molecular complexity index is 606. The number of piperidine rings is 1.